The highest BCUT2D eigenvalue weighted by molar-refractivity contribution is 5.90. The third-order valence-corrected chi connectivity index (χ3v) is 4.76. The number of nitrogens with zero attached hydrogens (tertiary/aromatic N) is 3. The van der Waals surface area contributed by atoms with E-state index in [-0.39, 0.29) is 22.8 Å². The van der Waals surface area contributed by atoms with Crippen LogP contribution in [0.5, 0.6) is 0 Å². The highest BCUT2D eigenvalue weighted by atomic mass is 19.1. The van der Waals surface area contributed by atoms with Gasteiger partial charge in [0.25, 0.3) is 5.91 Å². The number of aromatic nitrogens is 3. The fourth-order valence-corrected chi connectivity index (χ4v) is 3.05. The van der Waals surface area contributed by atoms with E-state index in [0.29, 0.717) is 23.8 Å². The summed E-state index contributed by atoms with van der Waals surface area (Å²) in [5, 5.41) is 11.3. The standard InChI is InChI=1S/C19H21FN6O2/c1-12(18(22)27)28-15(10-21)14-5-6-16(26-25-14)24-11-19(7-3-8-19)17-13(20)4-2-9-23-17/h2,4-6,9-10H,1,3,7-8,11,21H2,(H2,22,27)(H,24,26)/b15-10-. The van der Waals surface area contributed by atoms with Crippen molar-refractivity contribution < 1.29 is 13.9 Å². The van der Waals surface area contributed by atoms with Crippen LogP contribution in [0.4, 0.5) is 10.2 Å². The monoisotopic (exact) mass is 384 g/mol. The Bertz CT molecular complexity index is 909. The molecule has 5 N–H and O–H groups in total. The Balaban J connectivity index is 1.68. The van der Waals surface area contributed by atoms with E-state index in [9.17, 15) is 9.18 Å². The Morgan fingerprint density at radius 1 is 1.36 bits per heavy atom. The highest BCUT2D eigenvalue weighted by Gasteiger charge is 2.41. The Hall–Kier alpha value is -3.49. The second kappa shape index (κ2) is 8.03. The van der Waals surface area contributed by atoms with Crippen LogP contribution >= 0.6 is 0 Å². The number of nitrogens with one attached hydrogen (secondary N) is 1. The Labute approximate surface area is 161 Å². The predicted octanol–water partition coefficient (Wildman–Crippen LogP) is 1.82. The number of amides is 1. The zero-order chi connectivity index (χ0) is 20.1. The van der Waals surface area contributed by atoms with Crippen molar-refractivity contribution in [3.05, 3.63) is 66.2 Å². The summed E-state index contributed by atoms with van der Waals surface area (Å²) in [4.78, 5) is 15.3. The third-order valence-electron chi connectivity index (χ3n) is 4.76. The fraction of sp³-hybridized carbons (Fsp3) is 0.263. The van der Waals surface area contributed by atoms with Gasteiger partial charge in [-0.05, 0) is 37.1 Å². The van der Waals surface area contributed by atoms with E-state index >= 15 is 0 Å². The molecule has 1 aliphatic carbocycles. The van der Waals surface area contributed by atoms with E-state index in [1.807, 2.05) is 0 Å². The van der Waals surface area contributed by atoms with Gasteiger partial charge in [0.15, 0.2) is 11.5 Å². The van der Waals surface area contributed by atoms with Crippen molar-refractivity contribution in [3.8, 4) is 0 Å². The normalized spacial score (nSPS) is 15.4. The van der Waals surface area contributed by atoms with Crippen LogP contribution in [-0.4, -0.2) is 27.6 Å². The lowest BCUT2D eigenvalue weighted by Crippen LogP contribution is -2.42. The third kappa shape index (κ3) is 3.93. The van der Waals surface area contributed by atoms with Crippen molar-refractivity contribution in [2.75, 3.05) is 11.9 Å². The van der Waals surface area contributed by atoms with Crippen LogP contribution in [-0.2, 0) is 14.9 Å². The molecule has 0 radical (unpaired) electrons. The summed E-state index contributed by atoms with van der Waals surface area (Å²) in [6, 6.07) is 6.32. The van der Waals surface area contributed by atoms with Crippen LogP contribution in [0.1, 0.15) is 30.7 Å². The molecule has 1 fully saturated rings. The van der Waals surface area contributed by atoms with Gasteiger partial charge in [0.05, 0.1) is 5.69 Å². The van der Waals surface area contributed by atoms with Crippen molar-refractivity contribution in [1.82, 2.24) is 15.2 Å². The minimum atomic E-state index is -0.807. The summed E-state index contributed by atoms with van der Waals surface area (Å²) in [5.41, 5.74) is 11.0. The van der Waals surface area contributed by atoms with E-state index in [0.717, 1.165) is 25.5 Å². The van der Waals surface area contributed by atoms with E-state index < -0.39 is 5.91 Å². The van der Waals surface area contributed by atoms with Crippen molar-refractivity contribution >= 4 is 17.5 Å². The van der Waals surface area contributed by atoms with Gasteiger partial charge in [-0.2, -0.15) is 0 Å². The molecular weight excluding hydrogens is 363 g/mol. The average Bonchev–Trinajstić information content (AvgIpc) is 2.66. The summed E-state index contributed by atoms with van der Waals surface area (Å²) in [5.74, 6) is -0.747. The van der Waals surface area contributed by atoms with Crippen molar-refractivity contribution in [2.45, 2.75) is 24.7 Å². The number of pyridine rings is 1. The lowest BCUT2D eigenvalue weighted by atomic mass is 9.66. The molecule has 9 heteroatoms. The van der Waals surface area contributed by atoms with Gasteiger partial charge >= 0.3 is 0 Å². The predicted molar refractivity (Wildman–Crippen MR) is 102 cm³/mol. The molecule has 2 aromatic rings. The van der Waals surface area contributed by atoms with Gasteiger partial charge in [-0.15, -0.1) is 10.2 Å². The molecule has 0 spiro atoms. The van der Waals surface area contributed by atoms with Crippen molar-refractivity contribution in [3.63, 3.8) is 0 Å². The summed E-state index contributed by atoms with van der Waals surface area (Å²) in [6.45, 7) is 3.89. The molecule has 0 unspecified atom stereocenters. The molecule has 0 saturated heterocycles. The summed E-state index contributed by atoms with van der Waals surface area (Å²) in [6.07, 6.45) is 5.46. The largest absolute Gasteiger partial charge is 0.448 e. The Morgan fingerprint density at radius 2 is 2.14 bits per heavy atom. The second-order valence-electron chi connectivity index (χ2n) is 6.55. The van der Waals surface area contributed by atoms with Crippen LogP contribution in [0.3, 0.4) is 0 Å². The number of rotatable bonds is 8. The number of carbonyl (C=O) groups is 1. The molecule has 2 heterocycles. The molecule has 3 rings (SSSR count). The van der Waals surface area contributed by atoms with E-state index in [1.54, 1.807) is 24.4 Å². The SMILES string of the molecule is C=C(O/C(=C\N)c1ccc(NCC2(c3ncccc3F)CCC2)nn1)C(N)=O. The first kappa shape index (κ1) is 19.3. The fourth-order valence-electron chi connectivity index (χ4n) is 3.05. The smallest absolute Gasteiger partial charge is 0.283 e. The summed E-state index contributed by atoms with van der Waals surface area (Å²) >= 11 is 0. The minimum absolute atomic E-state index is 0.105. The van der Waals surface area contributed by atoms with E-state index in [1.165, 1.54) is 6.07 Å². The molecule has 28 heavy (non-hydrogen) atoms. The number of carbonyl (C=O) groups excluding carboxylic acids is 1. The lowest BCUT2D eigenvalue weighted by Gasteiger charge is -2.41. The van der Waals surface area contributed by atoms with Gasteiger partial charge in [0.1, 0.15) is 17.3 Å². The summed E-state index contributed by atoms with van der Waals surface area (Å²) < 4.78 is 19.4. The number of primary amides is 1. The molecular formula is C19H21FN6O2. The average molecular weight is 384 g/mol. The maximum absolute atomic E-state index is 14.2. The Kier molecular flexibility index (Phi) is 5.53. The zero-order valence-electron chi connectivity index (χ0n) is 15.2. The molecule has 1 saturated carbocycles. The second-order valence-corrected chi connectivity index (χ2v) is 6.55. The maximum Gasteiger partial charge on any atom is 0.283 e. The topological polar surface area (TPSA) is 129 Å². The first-order valence-electron chi connectivity index (χ1n) is 8.72. The number of halogens is 1. The van der Waals surface area contributed by atoms with Crippen LogP contribution in [0.2, 0.25) is 0 Å². The molecule has 2 aromatic heterocycles. The molecule has 1 aliphatic rings. The first-order chi connectivity index (χ1) is 13.4. The van der Waals surface area contributed by atoms with Crippen molar-refractivity contribution in [1.29, 1.82) is 0 Å². The minimum Gasteiger partial charge on any atom is -0.448 e. The quantitative estimate of drug-likeness (QED) is 0.467. The van der Waals surface area contributed by atoms with Gasteiger partial charge in [-0.25, -0.2) is 4.39 Å². The molecule has 0 aliphatic heterocycles. The van der Waals surface area contributed by atoms with E-state index in [4.69, 9.17) is 16.2 Å². The van der Waals surface area contributed by atoms with Gasteiger partial charge < -0.3 is 21.5 Å². The number of hydrogen-bond acceptors (Lipinski definition) is 7. The number of ether oxygens (including phenoxy) is 1. The lowest BCUT2D eigenvalue weighted by molar-refractivity contribution is -0.116. The Morgan fingerprint density at radius 3 is 2.68 bits per heavy atom. The molecule has 0 aromatic carbocycles. The first-order valence-corrected chi connectivity index (χ1v) is 8.72. The van der Waals surface area contributed by atoms with Gasteiger partial charge in [-0.3, -0.25) is 9.78 Å². The molecule has 0 atom stereocenters. The highest BCUT2D eigenvalue weighted by Crippen LogP contribution is 2.43. The van der Waals surface area contributed by atoms with Gasteiger partial charge in [0, 0.05) is 24.4 Å². The van der Waals surface area contributed by atoms with E-state index in [2.05, 4.69) is 27.1 Å². The van der Waals surface area contributed by atoms with Crippen LogP contribution < -0.4 is 16.8 Å². The zero-order valence-corrected chi connectivity index (χ0v) is 15.2. The summed E-state index contributed by atoms with van der Waals surface area (Å²) in [7, 11) is 0. The van der Waals surface area contributed by atoms with Gasteiger partial charge in [0.2, 0.25) is 0 Å². The number of anilines is 1. The number of nitrogens with two attached hydrogens (primary N) is 2. The maximum atomic E-state index is 14.2. The molecule has 1 amide bonds. The van der Waals surface area contributed by atoms with Crippen LogP contribution in [0, 0.1) is 5.82 Å². The molecule has 0 bridgehead atoms. The van der Waals surface area contributed by atoms with Crippen LogP contribution in [0.25, 0.3) is 5.76 Å². The number of hydrogen-bond donors (Lipinski definition) is 3. The van der Waals surface area contributed by atoms with Crippen molar-refractivity contribution in [2.24, 2.45) is 11.5 Å². The van der Waals surface area contributed by atoms with Gasteiger partial charge in [-0.1, -0.05) is 13.0 Å². The van der Waals surface area contributed by atoms with Crippen LogP contribution in [0.15, 0.2) is 49.0 Å². The molecule has 8 nitrogen and oxygen atoms in total. The molecule has 146 valence electrons.